The van der Waals surface area contributed by atoms with Crippen LogP contribution in [0.2, 0.25) is 5.02 Å². The largest absolute Gasteiger partial charge is 0.492 e. The Labute approximate surface area is 217 Å². The molecule has 2 aliphatic carbocycles. The lowest BCUT2D eigenvalue weighted by atomic mass is 9.76. The molecule has 1 N–H and O–H groups in total. The number of carbonyl (C=O) groups excluding carboxylic acids is 1. The number of nitrogens with one attached hydrogen (secondary N) is 1. The Balaban J connectivity index is 1.55. The minimum Gasteiger partial charge on any atom is -0.492 e. The van der Waals surface area contributed by atoms with Crippen molar-refractivity contribution in [2.24, 2.45) is 0 Å². The SMILES string of the molecule is CCOC(=O)NC1CCc2ccc(OCCN(C3CC3)S(C)(=O)=O)cc2C1Cc1cc(F)cc(Cl)c1. The summed E-state index contributed by atoms with van der Waals surface area (Å²) in [4.78, 5) is 12.2. The molecule has 7 nitrogen and oxygen atoms in total. The van der Waals surface area contributed by atoms with Gasteiger partial charge in [0.05, 0.1) is 12.9 Å². The van der Waals surface area contributed by atoms with E-state index < -0.39 is 21.9 Å². The Morgan fingerprint density at radius 2 is 1.97 bits per heavy atom. The first-order valence-corrected chi connectivity index (χ1v) is 14.5. The van der Waals surface area contributed by atoms with Gasteiger partial charge in [-0.1, -0.05) is 17.7 Å². The van der Waals surface area contributed by atoms with Gasteiger partial charge in [-0.15, -0.1) is 0 Å². The summed E-state index contributed by atoms with van der Waals surface area (Å²) in [6.07, 6.45) is 4.44. The fourth-order valence-corrected chi connectivity index (χ4v) is 6.33. The molecule has 2 unspecified atom stereocenters. The smallest absolute Gasteiger partial charge is 0.407 e. The van der Waals surface area contributed by atoms with Crippen molar-refractivity contribution in [3.63, 3.8) is 0 Å². The average Bonchev–Trinajstić information content (AvgIpc) is 3.62. The van der Waals surface area contributed by atoms with Crippen LogP contribution in [0.15, 0.2) is 36.4 Å². The van der Waals surface area contributed by atoms with Crippen molar-refractivity contribution in [2.75, 3.05) is 26.0 Å². The van der Waals surface area contributed by atoms with Crippen molar-refractivity contribution in [3.05, 3.63) is 63.9 Å². The van der Waals surface area contributed by atoms with Crippen LogP contribution in [0.1, 0.15) is 48.8 Å². The highest BCUT2D eigenvalue weighted by Gasteiger charge is 2.35. The standard InChI is InChI=1S/C26H32ClFN2O5S/c1-3-34-26(31)29-25-9-5-18-4-8-22(35-11-10-30(21-6-7-21)36(2,32)33)16-23(18)24(25)14-17-12-19(27)15-20(28)13-17/h4,8,12-13,15-16,21,24-25H,3,5-7,9-11,14H2,1-2H3,(H,29,31). The van der Waals surface area contributed by atoms with Gasteiger partial charge in [0.15, 0.2) is 0 Å². The number of fused-ring (bicyclic) bond motifs is 1. The number of carbonyl (C=O) groups is 1. The number of halogens is 2. The van der Waals surface area contributed by atoms with Gasteiger partial charge in [0.1, 0.15) is 18.2 Å². The highest BCUT2D eigenvalue weighted by Crippen LogP contribution is 2.37. The van der Waals surface area contributed by atoms with Gasteiger partial charge in [0, 0.05) is 29.6 Å². The zero-order chi connectivity index (χ0) is 25.9. The molecule has 1 amide bonds. The molecule has 10 heteroatoms. The van der Waals surface area contributed by atoms with E-state index in [1.165, 1.54) is 22.7 Å². The first-order chi connectivity index (χ1) is 17.1. The summed E-state index contributed by atoms with van der Waals surface area (Å²) in [7, 11) is -3.28. The van der Waals surface area contributed by atoms with E-state index in [0.29, 0.717) is 30.2 Å². The first-order valence-electron chi connectivity index (χ1n) is 12.2. The zero-order valence-electron chi connectivity index (χ0n) is 20.5. The molecular formula is C26H32ClFN2O5S. The molecule has 0 spiro atoms. The van der Waals surface area contributed by atoms with Crippen molar-refractivity contribution in [1.29, 1.82) is 0 Å². The van der Waals surface area contributed by atoms with Gasteiger partial charge in [-0.3, -0.25) is 0 Å². The van der Waals surface area contributed by atoms with E-state index in [0.717, 1.165) is 36.0 Å². The number of benzene rings is 2. The average molecular weight is 539 g/mol. The summed E-state index contributed by atoms with van der Waals surface area (Å²) in [6, 6.07) is 10.2. The second-order valence-corrected chi connectivity index (χ2v) is 11.8. The molecule has 0 heterocycles. The van der Waals surface area contributed by atoms with Gasteiger partial charge >= 0.3 is 6.09 Å². The van der Waals surface area contributed by atoms with E-state index in [9.17, 15) is 17.6 Å². The van der Waals surface area contributed by atoms with E-state index >= 15 is 0 Å². The molecule has 2 aromatic carbocycles. The lowest BCUT2D eigenvalue weighted by molar-refractivity contribution is 0.144. The maximum absolute atomic E-state index is 14.1. The number of aryl methyl sites for hydroxylation is 1. The van der Waals surface area contributed by atoms with Crippen molar-refractivity contribution < 1.29 is 27.1 Å². The quantitative estimate of drug-likeness (QED) is 0.475. The van der Waals surface area contributed by atoms with E-state index in [4.69, 9.17) is 21.1 Å². The Morgan fingerprint density at radius 1 is 1.19 bits per heavy atom. The van der Waals surface area contributed by atoms with Crippen molar-refractivity contribution in [2.45, 2.75) is 57.0 Å². The van der Waals surface area contributed by atoms with Crippen LogP contribution in [0.4, 0.5) is 9.18 Å². The zero-order valence-corrected chi connectivity index (χ0v) is 22.1. The normalized spacial score (nSPS) is 19.6. The summed E-state index contributed by atoms with van der Waals surface area (Å²) in [6.45, 7) is 2.54. The minimum atomic E-state index is -3.28. The van der Waals surface area contributed by atoms with E-state index in [1.54, 1.807) is 13.0 Å². The van der Waals surface area contributed by atoms with Crippen LogP contribution < -0.4 is 10.1 Å². The van der Waals surface area contributed by atoms with Gasteiger partial charge < -0.3 is 14.8 Å². The number of nitrogens with zero attached hydrogens (tertiary/aromatic N) is 1. The van der Waals surface area contributed by atoms with Gasteiger partial charge in [-0.25, -0.2) is 17.6 Å². The predicted molar refractivity (Wildman–Crippen MR) is 137 cm³/mol. The van der Waals surface area contributed by atoms with Crippen molar-refractivity contribution in [1.82, 2.24) is 9.62 Å². The number of hydrogen-bond donors (Lipinski definition) is 1. The second kappa shape index (κ2) is 11.4. The maximum atomic E-state index is 14.1. The lowest BCUT2D eigenvalue weighted by Crippen LogP contribution is -2.43. The van der Waals surface area contributed by atoms with Crippen LogP contribution in [0, 0.1) is 5.82 Å². The molecule has 0 aromatic heterocycles. The molecular weight excluding hydrogens is 507 g/mol. The fraction of sp³-hybridized carbons (Fsp3) is 0.500. The van der Waals surface area contributed by atoms with Gasteiger partial charge in [0.25, 0.3) is 0 Å². The Kier molecular flexibility index (Phi) is 8.42. The molecule has 0 radical (unpaired) electrons. The third kappa shape index (κ3) is 6.89. The summed E-state index contributed by atoms with van der Waals surface area (Å²) in [5.41, 5.74) is 2.86. The summed E-state index contributed by atoms with van der Waals surface area (Å²) in [5.74, 6) is 0.0576. The summed E-state index contributed by atoms with van der Waals surface area (Å²) in [5, 5.41) is 3.29. The van der Waals surface area contributed by atoms with Gasteiger partial charge in [0.2, 0.25) is 10.0 Å². The topological polar surface area (TPSA) is 84.9 Å². The number of hydrogen-bond acceptors (Lipinski definition) is 5. The maximum Gasteiger partial charge on any atom is 0.407 e. The highest BCUT2D eigenvalue weighted by molar-refractivity contribution is 7.88. The molecule has 0 aliphatic heterocycles. The lowest BCUT2D eigenvalue weighted by Gasteiger charge is -2.34. The molecule has 2 aliphatic rings. The molecule has 36 heavy (non-hydrogen) atoms. The van der Waals surface area contributed by atoms with E-state index in [-0.39, 0.29) is 31.2 Å². The van der Waals surface area contributed by atoms with Crippen molar-refractivity contribution >= 4 is 27.7 Å². The molecule has 1 saturated carbocycles. The Morgan fingerprint density at radius 3 is 2.64 bits per heavy atom. The first kappa shape index (κ1) is 26.7. The van der Waals surface area contributed by atoms with Gasteiger partial charge in [-0.2, -0.15) is 4.31 Å². The molecule has 0 bridgehead atoms. The third-order valence-corrected chi connectivity index (χ3v) is 8.20. The summed E-state index contributed by atoms with van der Waals surface area (Å²) < 4.78 is 50.8. The van der Waals surface area contributed by atoms with Crippen molar-refractivity contribution in [3.8, 4) is 5.75 Å². The highest BCUT2D eigenvalue weighted by atomic mass is 35.5. The monoisotopic (exact) mass is 538 g/mol. The number of ether oxygens (including phenoxy) is 2. The van der Waals surface area contributed by atoms with Crippen LogP contribution >= 0.6 is 11.6 Å². The second-order valence-electron chi connectivity index (χ2n) is 9.41. The fourth-order valence-electron chi connectivity index (χ4n) is 4.93. The molecule has 4 rings (SSSR count). The van der Waals surface area contributed by atoms with Crippen LogP contribution in [0.3, 0.4) is 0 Å². The predicted octanol–water partition coefficient (Wildman–Crippen LogP) is 4.67. The molecule has 1 fully saturated rings. The summed E-state index contributed by atoms with van der Waals surface area (Å²) >= 11 is 6.10. The Bertz CT molecular complexity index is 1180. The van der Waals surface area contributed by atoms with Crippen LogP contribution in [-0.2, 0) is 27.6 Å². The molecule has 2 aromatic rings. The van der Waals surface area contributed by atoms with E-state index in [2.05, 4.69) is 5.32 Å². The van der Waals surface area contributed by atoms with E-state index in [1.807, 2.05) is 18.2 Å². The number of alkyl carbamates (subject to hydrolysis) is 1. The molecule has 0 saturated heterocycles. The molecule has 196 valence electrons. The van der Waals surface area contributed by atoms with Crippen LogP contribution in [0.25, 0.3) is 0 Å². The third-order valence-electron chi connectivity index (χ3n) is 6.64. The van der Waals surface area contributed by atoms with Gasteiger partial charge in [-0.05, 0) is 86.1 Å². The molecule has 2 atom stereocenters. The number of sulfonamides is 1. The van der Waals surface area contributed by atoms with Crippen LogP contribution in [-0.4, -0.2) is 56.9 Å². The number of rotatable bonds is 10. The minimum absolute atomic E-state index is 0.0734. The Hall–Kier alpha value is -2.36. The van der Waals surface area contributed by atoms with Crippen LogP contribution in [0.5, 0.6) is 5.75 Å². The number of amides is 1.